The van der Waals surface area contributed by atoms with Crippen LogP contribution in [0.4, 0.5) is 8.78 Å². The number of hydrogen-bond donors (Lipinski definition) is 3. The van der Waals surface area contributed by atoms with Gasteiger partial charge in [-0.1, -0.05) is 12.1 Å². The van der Waals surface area contributed by atoms with Crippen molar-refractivity contribution < 1.29 is 42.4 Å². The van der Waals surface area contributed by atoms with Gasteiger partial charge in [0.2, 0.25) is 17.4 Å². The summed E-state index contributed by atoms with van der Waals surface area (Å²) in [5, 5.41) is 18.1. The molecule has 0 atom stereocenters. The molecule has 0 spiro atoms. The Hall–Kier alpha value is -6.18. The van der Waals surface area contributed by atoms with Gasteiger partial charge in [-0.15, -0.1) is 0 Å². The van der Waals surface area contributed by atoms with E-state index in [0.29, 0.717) is 11.4 Å². The fraction of sp³-hybridized carbons (Fsp3) is 0.152. The number of pyridine rings is 1. The van der Waals surface area contributed by atoms with Gasteiger partial charge in [0.1, 0.15) is 17.4 Å². The SMILES string of the molecule is COc1cc(C(=O)OC(C)C)ccc1Oc1c(F)c(Oc2cccc(-c3nccn3C)c2)nc(Oc2cc(C(=N)N)ccc2O)c1F. The number of phenolic OH excluding ortho intramolecular Hbond substituents is 1. The van der Waals surface area contributed by atoms with Crippen LogP contribution in [0.25, 0.3) is 11.4 Å². The Labute approximate surface area is 267 Å². The molecule has 0 unspecified atom stereocenters. The van der Waals surface area contributed by atoms with Crippen molar-refractivity contribution in [3.05, 3.63) is 95.8 Å². The Morgan fingerprint density at radius 1 is 0.936 bits per heavy atom. The maximum absolute atomic E-state index is 16.1. The van der Waals surface area contributed by atoms with Crippen LogP contribution in [0.3, 0.4) is 0 Å². The molecule has 0 aliphatic carbocycles. The third kappa shape index (κ3) is 7.06. The lowest BCUT2D eigenvalue weighted by molar-refractivity contribution is 0.0377. The summed E-state index contributed by atoms with van der Waals surface area (Å²) in [5.41, 5.74) is 6.45. The standard InChI is InChI=1S/C33H29F2N5O7/c1-17(2)44-33(42)20-9-11-23(25(16-20)43-4)46-28-26(34)31(45-21-7-5-6-19(14-21)30-38-12-13-40(30)3)39-32(27(28)35)47-24-15-18(29(36)37)8-10-22(24)41/h5-17,41H,1-4H3,(H3,36,37). The van der Waals surface area contributed by atoms with Gasteiger partial charge in [0.25, 0.3) is 11.8 Å². The second-order valence-electron chi connectivity index (χ2n) is 10.3. The number of ether oxygens (including phenoxy) is 5. The molecule has 0 amide bonds. The number of amidine groups is 1. The largest absolute Gasteiger partial charge is 0.504 e. The molecule has 2 heterocycles. The minimum absolute atomic E-state index is 0.0432. The molecule has 0 bridgehead atoms. The lowest BCUT2D eigenvalue weighted by Crippen LogP contribution is -2.11. The number of rotatable bonds is 11. The number of halogens is 2. The average molecular weight is 646 g/mol. The fourth-order valence-corrected chi connectivity index (χ4v) is 4.30. The van der Waals surface area contributed by atoms with Crippen LogP contribution in [0.5, 0.6) is 46.3 Å². The number of benzene rings is 3. The number of nitrogens with one attached hydrogen (secondary N) is 1. The summed E-state index contributed by atoms with van der Waals surface area (Å²) in [6.45, 7) is 3.37. The molecule has 12 nitrogen and oxygen atoms in total. The van der Waals surface area contributed by atoms with E-state index in [4.69, 9.17) is 34.8 Å². The molecular weight excluding hydrogens is 616 g/mol. The number of nitrogen functional groups attached to an aromatic ring is 1. The first kappa shape index (κ1) is 32.2. The van der Waals surface area contributed by atoms with Crippen molar-refractivity contribution in [2.24, 2.45) is 12.8 Å². The van der Waals surface area contributed by atoms with Crippen molar-refractivity contribution in [2.45, 2.75) is 20.0 Å². The van der Waals surface area contributed by atoms with Crippen LogP contribution in [0, 0.1) is 17.0 Å². The van der Waals surface area contributed by atoms with Crippen molar-refractivity contribution in [3.63, 3.8) is 0 Å². The van der Waals surface area contributed by atoms with Crippen molar-refractivity contribution in [2.75, 3.05) is 7.11 Å². The van der Waals surface area contributed by atoms with Crippen molar-refractivity contribution >= 4 is 11.8 Å². The molecule has 2 aromatic heterocycles. The summed E-state index contributed by atoms with van der Waals surface area (Å²) in [6.07, 6.45) is 2.98. The summed E-state index contributed by atoms with van der Waals surface area (Å²) in [5.74, 6) is -6.61. The van der Waals surface area contributed by atoms with Crippen molar-refractivity contribution in [3.8, 4) is 57.6 Å². The molecule has 0 saturated heterocycles. The number of nitrogens with zero attached hydrogens (tertiary/aromatic N) is 3. The second kappa shape index (κ2) is 13.4. The van der Waals surface area contributed by atoms with Crippen LogP contribution >= 0.6 is 0 Å². The van der Waals surface area contributed by atoms with E-state index in [2.05, 4.69) is 9.97 Å². The zero-order valence-electron chi connectivity index (χ0n) is 25.6. The summed E-state index contributed by atoms with van der Waals surface area (Å²) < 4.78 is 61.4. The zero-order chi connectivity index (χ0) is 33.8. The third-order valence-electron chi connectivity index (χ3n) is 6.54. The maximum atomic E-state index is 16.1. The minimum Gasteiger partial charge on any atom is -0.504 e. The van der Waals surface area contributed by atoms with E-state index >= 15 is 8.78 Å². The first-order valence-corrected chi connectivity index (χ1v) is 14.0. The van der Waals surface area contributed by atoms with Crippen LogP contribution in [-0.2, 0) is 11.8 Å². The molecule has 0 fully saturated rings. The molecule has 242 valence electrons. The highest BCUT2D eigenvalue weighted by Crippen LogP contribution is 2.43. The molecule has 0 aliphatic rings. The quantitative estimate of drug-likeness (QED) is 0.0800. The number of carbonyl (C=O) groups is 1. The number of aromatic hydroxyl groups is 1. The Bertz CT molecular complexity index is 1980. The third-order valence-corrected chi connectivity index (χ3v) is 6.54. The molecule has 5 aromatic rings. The molecule has 0 radical (unpaired) electrons. The molecule has 14 heteroatoms. The van der Waals surface area contributed by atoms with E-state index in [-0.39, 0.29) is 46.1 Å². The average Bonchev–Trinajstić information content (AvgIpc) is 3.48. The van der Waals surface area contributed by atoms with Crippen molar-refractivity contribution in [1.29, 1.82) is 5.41 Å². The Kier molecular flexibility index (Phi) is 9.21. The predicted molar refractivity (Wildman–Crippen MR) is 166 cm³/mol. The molecule has 5 rings (SSSR count). The van der Waals surface area contributed by atoms with Gasteiger partial charge in [-0.2, -0.15) is 13.8 Å². The zero-order valence-corrected chi connectivity index (χ0v) is 25.6. The summed E-state index contributed by atoms with van der Waals surface area (Å²) in [7, 11) is 3.08. The second-order valence-corrected chi connectivity index (χ2v) is 10.3. The molecule has 4 N–H and O–H groups in total. The first-order chi connectivity index (χ1) is 22.4. The number of carbonyl (C=O) groups excluding carboxylic acids is 1. The number of imidazole rings is 1. The Morgan fingerprint density at radius 2 is 1.64 bits per heavy atom. The lowest BCUT2D eigenvalue weighted by Gasteiger charge is -2.17. The first-order valence-electron chi connectivity index (χ1n) is 14.0. The van der Waals surface area contributed by atoms with Crippen LogP contribution < -0.4 is 24.7 Å². The normalized spacial score (nSPS) is 10.9. The Balaban J connectivity index is 1.59. The Morgan fingerprint density at radius 3 is 2.30 bits per heavy atom. The van der Waals surface area contributed by atoms with Crippen molar-refractivity contribution in [1.82, 2.24) is 14.5 Å². The van der Waals surface area contributed by atoms with Crippen LogP contribution in [-0.4, -0.2) is 44.7 Å². The number of aromatic nitrogens is 3. The smallest absolute Gasteiger partial charge is 0.338 e. The van der Waals surface area contributed by atoms with E-state index in [1.54, 1.807) is 56.1 Å². The van der Waals surface area contributed by atoms with Gasteiger partial charge >= 0.3 is 5.97 Å². The fourth-order valence-electron chi connectivity index (χ4n) is 4.30. The molecule has 0 aliphatic heterocycles. The molecule has 47 heavy (non-hydrogen) atoms. The van der Waals surface area contributed by atoms with Gasteiger partial charge < -0.3 is 39.1 Å². The van der Waals surface area contributed by atoms with E-state index in [9.17, 15) is 9.90 Å². The summed E-state index contributed by atoms with van der Waals surface area (Å²) in [6, 6.07) is 14.1. The van der Waals surface area contributed by atoms with Gasteiger partial charge in [-0.3, -0.25) is 5.41 Å². The maximum Gasteiger partial charge on any atom is 0.338 e. The van der Waals surface area contributed by atoms with E-state index in [1.807, 2.05) is 0 Å². The van der Waals surface area contributed by atoms with Gasteiger partial charge in [0.15, 0.2) is 23.0 Å². The number of esters is 1. The van der Waals surface area contributed by atoms with Crippen LogP contribution in [0.15, 0.2) is 73.1 Å². The lowest BCUT2D eigenvalue weighted by atomic mass is 10.2. The molecular formula is C33H29F2N5O7. The summed E-state index contributed by atoms with van der Waals surface area (Å²) >= 11 is 0. The van der Waals surface area contributed by atoms with Crippen LogP contribution in [0.2, 0.25) is 0 Å². The number of phenols is 1. The molecule has 0 saturated carbocycles. The highest BCUT2D eigenvalue weighted by molar-refractivity contribution is 5.95. The highest BCUT2D eigenvalue weighted by Gasteiger charge is 2.28. The van der Waals surface area contributed by atoms with Gasteiger partial charge in [0.05, 0.1) is 18.8 Å². The number of methoxy groups -OCH3 is 1. The van der Waals surface area contributed by atoms with Crippen LogP contribution in [0.1, 0.15) is 29.8 Å². The topological polar surface area (TPSA) is 164 Å². The van der Waals surface area contributed by atoms with Gasteiger partial charge in [-0.25, -0.2) is 9.78 Å². The number of nitrogens with two attached hydrogens (primary N) is 1. The minimum atomic E-state index is -1.41. The number of hydrogen-bond acceptors (Lipinski definition) is 10. The van der Waals surface area contributed by atoms with Gasteiger partial charge in [-0.05, 0) is 62.4 Å². The van der Waals surface area contributed by atoms with Gasteiger partial charge in [0, 0.05) is 30.6 Å². The monoisotopic (exact) mass is 645 g/mol. The van der Waals surface area contributed by atoms with E-state index in [1.165, 1.54) is 49.6 Å². The number of aryl methyl sites for hydroxylation is 1. The highest BCUT2D eigenvalue weighted by atomic mass is 19.1. The van der Waals surface area contributed by atoms with E-state index in [0.717, 1.165) is 0 Å². The predicted octanol–water partition coefficient (Wildman–Crippen LogP) is 6.70. The summed E-state index contributed by atoms with van der Waals surface area (Å²) in [4.78, 5) is 20.6. The van der Waals surface area contributed by atoms with E-state index < -0.39 is 40.9 Å². The molecule has 3 aromatic carbocycles.